The smallest absolute Gasteiger partial charge is 0.306 e. The molecule has 0 spiro atoms. The molecule has 3 amide bonds. The van der Waals surface area contributed by atoms with Crippen LogP contribution in [0.3, 0.4) is 0 Å². The lowest BCUT2D eigenvalue weighted by molar-refractivity contribution is -0.272. The summed E-state index contributed by atoms with van der Waals surface area (Å²) in [7, 11) is 3.26. The Labute approximate surface area is 439 Å². The quantitative estimate of drug-likeness (QED) is 0.0170. The minimum Gasteiger partial charge on any atom is -0.463 e. The van der Waals surface area contributed by atoms with Crippen molar-refractivity contribution in [2.45, 2.75) is 99.3 Å². The van der Waals surface area contributed by atoms with E-state index in [0.717, 1.165) is 22.5 Å². The lowest BCUT2D eigenvalue weighted by atomic mass is 9.70. The van der Waals surface area contributed by atoms with E-state index >= 15 is 0 Å². The Balaban J connectivity index is 1.56. The lowest BCUT2D eigenvalue weighted by Crippen LogP contribution is -2.64. The topological polar surface area (TPSA) is 267 Å². The number of carbonyl (C=O) groups excluding carboxylic acids is 4. The van der Waals surface area contributed by atoms with Crippen molar-refractivity contribution in [3.8, 4) is 0 Å². The standard InChI is InChI=1S/C48H71N5O15S4/c1-34(56)53-39-41(59)40(58)36(31-55)68-42(39)67-28-26-62-20-18-52-44(60)46(2,33-48(4,45(61)51-17-19-54)71-43(69)35-11-7-6-8-12-35)32-47(3,49-5)15-14-38(57)66-27-25-64-22-21-63-23-24-65-29-30-70-72-37-13-9-10-16-50-37/h6-13,16,36,39-42,54-55,58-59H,14-15,17-33H2,1-4H3,(H,51,61)(H,52,60)(H,53,56)/t36-,39-,40?,41-,42-,46?,47?,48?/m1/s1. The van der Waals surface area contributed by atoms with Crippen molar-refractivity contribution in [2.75, 3.05) is 98.1 Å². The maximum atomic E-state index is 14.4. The predicted molar refractivity (Wildman–Crippen MR) is 277 cm³/mol. The van der Waals surface area contributed by atoms with Gasteiger partial charge in [-0.3, -0.25) is 19.2 Å². The fourth-order valence-electron chi connectivity index (χ4n) is 7.53. The molecule has 2 aromatic rings. The summed E-state index contributed by atoms with van der Waals surface area (Å²) in [6.45, 7) is 15.6. The number of thiocarbonyl (C=S) groups is 1. The number of carbonyl (C=O) groups is 4. The SMILES string of the molecule is [C-]#[N+]C(C)(CCC(=O)OCCOCCOCCOCCSSc1ccccn1)CC(C)(CC(C)(SC(=S)c1ccccc1)C(=O)NCCO)C(=O)NCCOCCO[C@@H]1O[C@H](CO)C(O)[C@H](O)[C@H]1NC(C)=O. The number of aromatic nitrogens is 1. The molecule has 402 valence electrons. The molecule has 1 fully saturated rings. The molecule has 4 unspecified atom stereocenters. The fourth-order valence-corrected chi connectivity index (χ4v) is 11.2. The number of hydrogen-bond donors (Lipinski definition) is 7. The van der Waals surface area contributed by atoms with Crippen molar-refractivity contribution in [2.24, 2.45) is 5.41 Å². The normalized spacial score (nSPS) is 20.2. The first kappa shape index (κ1) is 62.8. The minimum atomic E-state index is -1.48. The number of aliphatic hydroxyl groups is 4. The largest absolute Gasteiger partial charge is 0.463 e. The van der Waals surface area contributed by atoms with Gasteiger partial charge in [0.15, 0.2) is 6.29 Å². The average Bonchev–Trinajstić information content (AvgIpc) is 3.36. The molecule has 1 aliphatic rings. The van der Waals surface area contributed by atoms with E-state index in [4.69, 9.17) is 51.9 Å². The van der Waals surface area contributed by atoms with Crippen molar-refractivity contribution >= 4 is 73.5 Å². The Kier molecular flexibility index (Phi) is 29.8. The lowest BCUT2D eigenvalue weighted by Gasteiger charge is -2.42. The molecular weight excluding hydrogens is 1010 g/mol. The Morgan fingerprint density at radius 1 is 0.819 bits per heavy atom. The molecule has 0 bridgehead atoms. The Bertz CT molecular complexity index is 1980. The second kappa shape index (κ2) is 34.1. The average molecular weight is 1090 g/mol. The number of benzene rings is 1. The molecule has 2 heterocycles. The molecule has 0 saturated carbocycles. The molecule has 3 rings (SSSR count). The zero-order valence-corrected chi connectivity index (χ0v) is 44.6. The van der Waals surface area contributed by atoms with Crippen LogP contribution in [0.15, 0.2) is 59.8 Å². The van der Waals surface area contributed by atoms with Gasteiger partial charge in [0.1, 0.15) is 36.0 Å². The number of esters is 1. The molecule has 24 heteroatoms. The van der Waals surface area contributed by atoms with Crippen molar-refractivity contribution in [3.63, 3.8) is 0 Å². The van der Waals surface area contributed by atoms with Crippen molar-refractivity contribution in [1.82, 2.24) is 20.9 Å². The number of ether oxygens (including phenoxy) is 7. The third-order valence-electron chi connectivity index (χ3n) is 11.0. The Hall–Kier alpha value is -3.52. The highest BCUT2D eigenvalue weighted by Gasteiger charge is 2.51. The van der Waals surface area contributed by atoms with Crippen LogP contribution >= 0.6 is 45.6 Å². The van der Waals surface area contributed by atoms with E-state index in [1.54, 1.807) is 48.6 Å². The molecule has 72 heavy (non-hydrogen) atoms. The predicted octanol–water partition coefficient (Wildman–Crippen LogP) is 2.73. The summed E-state index contributed by atoms with van der Waals surface area (Å²) < 4.78 is 38.1. The van der Waals surface area contributed by atoms with Crippen LogP contribution in [-0.4, -0.2) is 192 Å². The molecule has 20 nitrogen and oxygen atoms in total. The van der Waals surface area contributed by atoms with E-state index in [1.807, 2.05) is 48.5 Å². The highest BCUT2D eigenvalue weighted by atomic mass is 33.1. The molecule has 8 atom stereocenters. The summed E-state index contributed by atoms with van der Waals surface area (Å²) in [6.07, 6.45) is -3.85. The van der Waals surface area contributed by atoms with Gasteiger partial charge in [0.05, 0.1) is 93.5 Å². The summed E-state index contributed by atoms with van der Waals surface area (Å²) in [5.74, 6) is -1.22. The van der Waals surface area contributed by atoms with E-state index in [0.29, 0.717) is 42.8 Å². The van der Waals surface area contributed by atoms with Crippen LogP contribution in [0.25, 0.3) is 4.85 Å². The van der Waals surface area contributed by atoms with Crippen LogP contribution in [-0.2, 0) is 52.3 Å². The number of nitrogens with zero attached hydrogens (tertiary/aromatic N) is 2. The number of hydrogen-bond acceptors (Lipinski definition) is 20. The van der Waals surface area contributed by atoms with Gasteiger partial charge in [-0.15, -0.1) is 0 Å². The summed E-state index contributed by atoms with van der Waals surface area (Å²) in [5.41, 5.74) is -2.02. The van der Waals surface area contributed by atoms with Gasteiger partial charge in [-0.1, -0.05) is 78.1 Å². The first-order valence-corrected chi connectivity index (χ1v) is 27.1. The molecule has 1 aromatic carbocycles. The van der Waals surface area contributed by atoms with Gasteiger partial charge in [-0.2, -0.15) is 0 Å². The van der Waals surface area contributed by atoms with Crippen LogP contribution in [0.5, 0.6) is 0 Å². The highest BCUT2D eigenvalue weighted by Crippen LogP contribution is 2.45. The van der Waals surface area contributed by atoms with Crippen LogP contribution in [0.1, 0.15) is 58.9 Å². The number of pyridine rings is 1. The highest BCUT2D eigenvalue weighted by molar-refractivity contribution is 8.76. The Morgan fingerprint density at radius 3 is 2.10 bits per heavy atom. The van der Waals surface area contributed by atoms with Crippen LogP contribution in [0, 0.1) is 12.0 Å². The van der Waals surface area contributed by atoms with E-state index in [1.165, 1.54) is 6.92 Å². The van der Waals surface area contributed by atoms with Gasteiger partial charge in [0.25, 0.3) is 0 Å². The van der Waals surface area contributed by atoms with Crippen molar-refractivity contribution < 1.29 is 72.8 Å². The van der Waals surface area contributed by atoms with Crippen LogP contribution < -0.4 is 16.0 Å². The molecular formula is C48H71N5O15S4. The fraction of sp³-hybridized carbons (Fsp3) is 0.646. The maximum absolute atomic E-state index is 14.4. The number of nitrogens with one attached hydrogen (secondary N) is 3. The molecule has 0 radical (unpaired) electrons. The zero-order valence-electron chi connectivity index (χ0n) is 41.3. The minimum absolute atomic E-state index is 0.00000422. The number of rotatable bonds is 36. The van der Waals surface area contributed by atoms with Gasteiger partial charge in [-0.25, -0.2) is 11.6 Å². The van der Waals surface area contributed by atoms with E-state index in [9.17, 15) is 39.6 Å². The second-order valence-electron chi connectivity index (χ2n) is 17.3. The van der Waals surface area contributed by atoms with Gasteiger partial charge >= 0.3 is 5.97 Å². The van der Waals surface area contributed by atoms with E-state index in [2.05, 4.69) is 25.8 Å². The first-order valence-electron chi connectivity index (χ1n) is 23.5. The monoisotopic (exact) mass is 1090 g/mol. The van der Waals surface area contributed by atoms with Crippen molar-refractivity contribution in [1.29, 1.82) is 0 Å². The molecule has 1 aliphatic heterocycles. The van der Waals surface area contributed by atoms with Crippen LogP contribution in [0.2, 0.25) is 0 Å². The third-order valence-corrected chi connectivity index (χ3v) is 14.9. The first-order chi connectivity index (χ1) is 34.5. The summed E-state index contributed by atoms with van der Waals surface area (Å²) >= 11 is 6.89. The number of thioether (sulfide) groups is 1. The number of amides is 3. The van der Waals surface area contributed by atoms with E-state index < -0.39 is 76.6 Å². The van der Waals surface area contributed by atoms with Gasteiger partial charge in [-0.05, 0) is 41.8 Å². The second-order valence-corrected chi connectivity index (χ2v) is 21.9. The van der Waals surface area contributed by atoms with Crippen LogP contribution in [0.4, 0.5) is 0 Å². The molecule has 7 N–H and O–H groups in total. The zero-order chi connectivity index (χ0) is 52.8. The van der Waals surface area contributed by atoms with E-state index in [-0.39, 0.29) is 78.4 Å². The third kappa shape index (κ3) is 22.9. The number of aliphatic hydroxyl groups excluding tert-OH is 4. The van der Waals surface area contributed by atoms with Gasteiger partial charge in [0.2, 0.25) is 23.3 Å². The molecule has 1 saturated heterocycles. The van der Waals surface area contributed by atoms with Gasteiger partial charge < -0.3 is 74.4 Å². The summed E-state index contributed by atoms with van der Waals surface area (Å²) in [6, 6.07) is 13.7. The molecule has 0 aliphatic carbocycles. The summed E-state index contributed by atoms with van der Waals surface area (Å²) in [5, 5.41) is 49.0. The molecule has 1 aromatic heterocycles. The maximum Gasteiger partial charge on any atom is 0.306 e. The summed E-state index contributed by atoms with van der Waals surface area (Å²) in [4.78, 5) is 61.3. The Morgan fingerprint density at radius 2 is 1.46 bits per heavy atom. The van der Waals surface area contributed by atoms with Crippen molar-refractivity contribution in [3.05, 3.63) is 71.7 Å². The van der Waals surface area contributed by atoms with Gasteiger partial charge in [0, 0.05) is 51.7 Å².